The number of phenolic OH excluding ortho intramolecular Hbond substituents is 1. The van der Waals surface area contributed by atoms with E-state index in [9.17, 15) is 45.8 Å². The molecule has 17 nitrogen and oxygen atoms in total. The molecule has 3 aliphatic rings. The van der Waals surface area contributed by atoms with Crippen LogP contribution in [0.3, 0.4) is 0 Å². The first kappa shape index (κ1) is 60.9. The molecule has 3 amide bonds. The zero-order chi connectivity index (χ0) is 55.0. The standard InChI is InChI=1S/C45H63FN6O7S.2C2HF3O2/c1-31(2)42-48-35(29-60-42)43(56)52-23-26-59-45(30-52)15-19-50(20-16-45)27-34-8-6-7-32(39(34)46)12-24-57-25-13-38(55)51(21-14-44(3,4)5)22-18-47-17-11-33-9-10-36(53)40-41(33)58-28-37(54)49-40;2*3-2(4,5)1(6)7/h6-10,29,31,47,53H,11-28,30H2,1-5H3,(H,49,54);2*(H,6,7). The number of likely N-dealkylation sites (tertiary alicyclic amines) is 1. The molecule has 0 radical (unpaired) electrons. The van der Waals surface area contributed by atoms with Gasteiger partial charge in [0, 0.05) is 62.7 Å². The first-order chi connectivity index (χ1) is 34.6. The molecule has 0 unspecified atom stereocenters. The zero-order valence-electron chi connectivity index (χ0n) is 41.9. The van der Waals surface area contributed by atoms with Crippen molar-refractivity contribution >= 4 is 46.7 Å². The van der Waals surface area contributed by atoms with Gasteiger partial charge >= 0.3 is 24.3 Å². The number of nitrogens with one attached hydrogen (secondary N) is 2. The third-order valence-corrected chi connectivity index (χ3v) is 13.1. The normalized spacial score (nSPS) is 15.7. The fourth-order valence-corrected chi connectivity index (χ4v) is 8.66. The van der Waals surface area contributed by atoms with Gasteiger partial charge in [-0.25, -0.2) is 19.0 Å². The topological polar surface area (TPSA) is 220 Å². The Kier molecular flexibility index (Phi) is 22.4. The SMILES string of the molecule is CC(C)c1nc(C(=O)N2CCOC3(CCN(Cc4cccc(CCOCCC(=O)N(CCNCCc5ccc(O)c6c5OCC(=O)N6)CCC(C)(C)C)c4F)CC3)C2)cs1.O=C(O)C(F)(F)F.O=C(O)C(F)(F)F. The summed E-state index contributed by atoms with van der Waals surface area (Å²) >= 11 is 1.53. The number of carbonyl (C=O) groups excluding carboxylic acids is 3. The zero-order valence-corrected chi connectivity index (χ0v) is 42.7. The summed E-state index contributed by atoms with van der Waals surface area (Å²) in [6, 6.07) is 8.88. The van der Waals surface area contributed by atoms with Gasteiger partial charge in [0.05, 0.1) is 43.4 Å². The first-order valence-electron chi connectivity index (χ1n) is 23.9. The molecule has 74 heavy (non-hydrogen) atoms. The third-order valence-electron chi connectivity index (χ3n) is 12.0. The van der Waals surface area contributed by atoms with Gasteiger partial charge in [-0.3, -0.25) is 19.3 Å². The Morgan fingerprint density at radius 1 is 0.919 bits per heavy atom. The van der Waals surface area contributed by atoms with Gasteiger partial charge in [-0.1, -0.05) is 58.9 Å². The lowest BCUT2D eigenvalue weighted by Crippen LogP contribution is -2.58. The monoisotopic (exact) mass is 1080 g/mol. The van der Waals surface area contributed by atoms with Gasteiger partial charge in [-0.05, 0) is 61.3 Å². The van der Waals surface area contributed by atoms with E-state index in [-0.39, 0.29) is 60.3 Å². The number of alkyl halides is 6. The van der Waals surface area contributed by atoms with Gasteiger partial charge in [0.25, 0.3) is 11.8 Å². The number of rotatable bonds is 18. The van der Waals surface area contributed by atoms with Gasteiger partial charge in [-0.2, -0.15) is 26.3 Å². The molecule has 5 N–H and O–H groups in total. The smallest absolute Gasteiger partial charge is 0.490 e. The van der Waals surface area contributed by atoms with Crippen molar-refractivity contribution in [1.29, 1.82) is 0 Å². The summed E-state index contributed by atoms with van der Waals surface area (Å²) in [5.74, 6) is -5.29. The highest BCUT2D eigenvalue weighted by Crippen LogP contribution is 2.39. The van der Waals surface area contributed by atoms with Crippen LogP contribution in [0.1, 0.15) is 98.4 Å². The fraction of sp³-hybridized carbons (Fsp3) is 0.592. The molecule has 6 rings (SSSR count). The molecule has 2 saturated heterocycles. The highest BCUT2D eigenvalue weighted by atomic mass is 32.1. The van der Waals surface area contributed by atoms with Crippen LogP contribution in [-0.4, -0.2) is 161 Å². The number of anilines is 1. The molecule has 0 atom stereocenters. The van der Waals surface area contributed by atoms with E-state index in [2.05, 4.69) is 55.1 Å². The fourth-order valence-electron chi connectivity index (χ4n) is 7.85. The Bertz CT molecular complexity index is 2350. The number of aromatic nitrogens is 1. The number of carboxylic acids is 2. The Balaban J connectivity index is 0.000000743. The quantitative estimate of drug-likeness (QED) is 0.0481. The number of nitrogens with zero attached hydrogens (tertiary/aromatic N) is 4. The van der Waals surface area contributed by atoms with E-state index in [1.54, 1.807) is 18.2 Å². The van der Waals surface area contributed by atoms with Crippen LogP contribution in [0.2, 0.25) is 0 Å². The Labute approximate surface area is 428 Å². The van der Waals surface area contributed by atoms with Crippen LogP contribution in [0.15, 0.2) is 35.7 Å². The van der Waals surface area contributed by atoms with Crippen molar-refractivity contribution in [2.45, 2.75) is 104 Å². The lowest BCUT2D eigenvalue weighted by atomic mass is 9.89. The molecule has 3 aromatic rings. The Morgan fingerprint density at radius 3 is 2.18 bits per heavy atom. The number of thiazole rings is 1. The minimum absolute atomic E-state index is 0.0203. The largest absolute Gasteiger partial charge is 0.506 e. The van der Waals surface area contributed by atoms with Crippen molar-refractivity contribution in [3.05, 3.63) is 68.9 Å². The molecule has 3 aliphatic heterocycles. The number of carbonyl (C=O) groups is 5. The summed E-state index contributed by atoms with van der Waals surface area (Å²) < 4.78 is 97.0. The summed E-state index contributed by atoms with van der Waals surface area (Å²) in [7, 11) is 0. The number of piperidine rings is 1. The lowest BCUT2D eigenvalue weighted by Gasteiger charge is -2.47. The van der Waals surface area contributed by atoms with Crippen LogP contribution in [0, 0.1) is 11.2 Å². The highest BCUT2D eigenvalue weighted by Gasteiger charge is 2.42. The number of phenols is 1. The summed E-state index contributed by atoms with van der Waals surface area (Å²) in [4.78, 5) is 66.8. The minimum atomic E-state index is -5.08. The molecule has 4 heterocycles. The van der Waals surface area contributed by atoms with Gasteiger partial charge < -0.3 is 50.0 Å². The van der Waals surface area contributed by atoms with Crippen LogP contribution in [0.5, 0.6) is 11.5 Å². The number of amides is 3. The number of aliphatic carboxylic acids is 2. The predicted molar refractivity (Wildman–Crippen MR) is 258 cm³/mol. The molecule has 1 aromatic heterocycles. The number of ether oxygens (including phenoxy) is 3. The number of aromatic hydroxyl groups is 1. The highest BCUT2D eigenvalue weighted by molar-refractivity contribution is 7.09. The third kappa shape index (κ3) is 19.3. The molecule has 1 spiro atoms. The minimum Gasteiger partial charge on any atom is -0.506 e. The van der Waals surface area contributed by atoms with E-state index in [1.807, 2.05) is 27.3 Å². The molecule has 412 valence electrons. The van der Waals surface area contributed by atoms with Gasteiger partial charge in [0.15, 0.2) is 12.4 Å². The first-order valence-corrected chi connectivity index (χ1v) is 24.8. The number of morpholine rings is 1. The van der Waals surface area contributed by atoms with Crippen molar-refractivity contribution in [3.8, 4) is 11.5 Å². The molecular weight excluding hydrogens is 1010 g/mol. The van der Waals surface area contributed by atoms with Crippen LogP contribution in [0.4, 0.5) is 36.4 Å². The van der Waals surface area contributed by atoms with Gasteiger partial charge in [0.1, 0.15) is 22.9 Å². The molecule has 2 fully saturated rings. The number of benzene rings is 2. The number of halogens is 7. The van der Waals surface area contributed by atoms with Crippen LogP contribution in [0.25, 0.3) is 0 Å². The number of hydrogen-bond acceptors (Lipinski definition) is 13. The molecule has 2 aromatic carbocycles. The van der Waals surface area contributed by atoms with Gasteiger partial charge in [-0.15, -0.1) is 11.3 Å². The Hall–Kier alpha value is -5.63. The number of fused-ring (bicyclic) bond motifs is 1. The number of carboxylic acid groups (broad SMARTS) is 2. The van der Waals surface area contributed by atoms with Crippen molar-refractivity contribution in [1.82, 2.24) is 25.0 Å². The van der Waals surface area contributed by atoms with E-state index >= 15 is 4.39 Å². The van der Waals surface area contributed by atoms with Crippen molar-refractivity contribution < 1.29 is 84.2 Å². The van der Waals surface area contributed by atoms with E-state index in [0.717, 1.165) is 42.9 Å². The second-order valence-corrected chi connectivity index (χ2v) is 20.2. The van der Waals surface area contributed by atoms with Crippen LogP contribution in [-0.2, 0) is 48.0 Å². The van der Waals surface area contributed by atoms with Crippen molar-refractivity contribution in [2.75, 3.05) is 84.1 Å². The maximum Gasteiger partial charge on any atom is 0.490 e. The molecule has 25 heteroatoms. The van der Waals surface area contributed by atoms with Crippen LogP contribution >= 0.6 is 11.3 Å². The maximum atomic E-state index is 15.8. The van der Waals surface area contributed by atoms with Gasteiger partial charge in [0.2, 0.25) is 5.91 Å². The average Bonchev–Trinajstić information content (AvgIpc) is 3.83. The lowest BCUT2D eigenvalue weighted by molar-refractivity contribution is -0.193. The maximum absolute atomic E-state index is 15.8. The second kappa shape index (κ2) is 27.2. The van der Waals surface area contributed by atoms with Crippen molar-refractivity contribution in [3.63, 3.8) is 0 Å². The molecule has 0 saturated carbocycles. The van der Waals surface area contributed by atoms with E-state index in [0.29, 0.717) is 100 Å². The average molecular weight is 1080 g/mol. The summed E-state index contributed by atoms with van der Waals surface area (Å²) in [6.07, 6.45) is -6.50. The van der Waals surface area contributed by atoms with Crippen LogP contribution < -0.4 is 15.4 Å². The van der Waals surface area contributed by atoms with E-state index in [4.69, 9.17) is 34.0 Å². The molecule has 0 aliphatic carbocycles. The molecular formula is C49H65F7N6O11S. The summed E-state index contributed by atoms with van der Waals surface area (Å²) in [5.41, 5.74) is 2.62. The molecule has 0 bridgehead atoms. The van der Waals surface area contributed by atoms with E-state index < -0.39 is 29.9 Å². The Morgan fingerprint density at radius 2 is 1.57 bits per heavy atom. The predicted octanol–water partition coefficient (Wildman–Crippen LogP) is 7.26. The van der Waals surface area contributed by atoms with E-state index in [1.165, 1.54) is 11.3 Å². The van der Waals surface area contributed by atoms with Crippen molar-refractivity contribution in [2.24, 2.45) is 5.41 Å². The second-order valence-electron chi connectivity index (χ2n) is 19.3. The summed E-state index contributed by atoms with van der Waals surface area (Å²) in [5, 5.41) is 33.3. The summed E-state index contributed by atoms with van der Waals surface area (Å²) in [6.45, 7) is 17.1. The number of hydrogen-bond donors (Lipinski definition) is 5.